The van der Waals surface area contributed by atoms with Gasteiger partial charge in [0.25, 0.3) is 0 Å². The zero-order chi connectivity index (χ0) is 14.5. The van der Waals surface area contributed by atoms with Crippen LogP contribution < -0.4 is 0 Å². The maximum atomic E-state index is 5.25. The average molecular weight is 345 g/mol. The van der Waals surface area contributed by atoms with Gasteiger partial charge < -0.3 is 17.5 Å². The molecule has 0 atom stereocenters. The van der Waals surface area contributed by atoms with Crippen LogP contribution in [0.2, 0.25) is 0 Å². The van der Waals surface area contributed by atoms with Gasteiger partial charge in [-0.15, -0.1) is 0 Å². The topological polar surface area (TPSA) is 15.6 Å². The van der Waals surface area contributed by atoms with Gasteiger partial charge in [0.1, 0.15) is 0 Å². The van der Waals surface area contributed by atoms with E-state index in [-0.39, 0.29) is 17.1 Å². The van der Waals surface area contributed by atoms with Crippen molar-refractivity contribution >= 4 is 29.1 Å². The quantitative estimate of drug-likeness (QED) is 0.364. The van der Waals surface area contributed by atoms with Crippen molar-refractivity contribution in [2.45, 2.75) is 0 Å². The molecular formula is C17H17CuN2S. The minimum atomic E-state index is 0. The zero-order valence-corrected chi connectivity index (χ0v) is 13.8. The van der Waals surface area contributed by atoms with Crippen LogP contribution in [0, 0.1) is 0 Å². The maximum absolute atomic E-state index is 5.25. The Morgan fingerprint density at radius 1 is 1.00 bits per heavy atom. The van der Waals surface area contributed by atoms with Gasteiger partial charge in [-0.1, -0.05) is 55.1 Å². The molecule has 2 aromatic rings. The number of nitrogens with zero attached hydrogens (tertiary/aromatic N) is 2. The number of amidine groups is 1. The Balaban J connectivity index is 0.00000220. The Morgan fingerprint density at radius 2 is 1.57 bits per heavy atom. The minimum Gasteiger partial charge on any atom is -0.743 e. The third-order valence-electron chi connectivity index (χ3n) is 2.95. The second kappa shape index (κ2) is 7.99. The van der Waals surface area contributed by atoms with Crippen LogP contribution in [0.3, 0.4) is 0 Å². The van der Waals surface area contributed by atoms with Gasteiger partial charge in [0.15, 0.2) is 0 Å². The van der Waals surface area contributed by atoms with E-state index in [0.29, 0.717) is 5.17 Å². The molecule has 0 aromatic heterocycles. The molecule has 0 aliphatic carbocycles. The van der Waals surface area contributed by atoms with Gasteiger partial charge in [-0.2, -0.15) is 0 Å². The first kappa shape index (κ1) is 17.4. The molecule has 21 heavy (non-hydrogen) atoms. The molecule has 0 spiro atoms. The average Bonchev–Trinajstić information content (AvgIpc) is 2.48. The van der Waals surface area contributed by atoms with Crippen LogP contribution >= 0.6 is 0 Å². The van der Waals surface area contributed by atoms with Crippen LogP contribution in [-0.4, -0.2) is 24.2 Å². The van der Waals surface area contributed by atoms with Crippen molar-refractivity contribution in [1.82, 2.24) is 4.90 Å². The fraction of sp³-hybridized carbons (Fsp3) is 0.118. The van der Waals surface area contributed by atoms with Crippen molar-refractivity contribution < 1.29 is 17.1 Å². The summed E-state index contributed by atoms with van der Waals surface area (Å²) in [6.45, 7) is 4.19. The largest absolute Gasteiger partial charge is 1.00 e. The van der Waals surface area contributed by atoms with Gasteiger partial charge in [-0.3, -0.25) is 4.99 Å². The molecule has 0 N–H and O–H groups in total. The number of rotatable bonds is 3. The van der Waals surface area contributed by atoms with Gasteiger partial charge >= 0.3 is 17.1 Å². The molecule has 0 aliphatic heterocycles. The minimum absolute atomic E-state index is 0. The van der Waals surface area contributed by atoms with Crippen molar-refractivity contribution in [1.29, 1.82) is 0 Å². The Bertz CT molecular complexity index is 636. The molecule has 0 bridgehead atoms. The predicted octanol–water partition coefficient (Wildman–Crippen LogP) is 3.84. The summed E-state index contributed by atoms with van der Waals surface area (Å²) < 4.78 is 0. The molecule has 0 amide bonds. The molecule has 0 unspecified atom stereocenters. The van der Waals surface area contributed by atoms with Crippen molar-refractivity contribution in [2.75, 3.05) is 14.1 Å². The van der Waals surface area contributed by atoms with E-state index in [4.69, 9.17) is 12.6 Å². The molecule has 2 nitrogen and oxygen atoms in total. The fourth-order valence-corrected chi connectivity index (χ4v) is 1.92. The second-order valence-corrected chi connectivity index (χ2v) is 5.02. The fourth-order valence-electron chi connectivity index (χ4n) is 1.82. The van der Waals surface area contributed by atoms with Gasteiger partial charge in [0.2, 0.25) is 0 Å². The standard InChI is InChI=1S/C17H18N2S.Cu/c1-13(14-9-5-4-6-10-14)15-11-7-8-12-16(15)18-17(20)19(2)3;/h4-12H,1H2,2-3H3,(H,18,20);/q;+1/p-1. The third kappa shape index (κ3) is 4.43. The van der Waals surface area contributed by atoms with Gasteiger partial charge in [0, 0.05) is 19.7 Å². The van der Waals surface area contributed by atoms with Crippen molar-refractivity contribution in [3.8, 4) is 0 Å². The smallest absolute Gasteiger partial charge is 0.743 e. The summed E-state index contributed by atoms with van der Waals surface area (Å²) in [5.41, 5.74) is 3.89. The molecule has 0 aliphatic rings. The molecule has 0 heterocycles. The van der Waals surface area contributed by atoms with Gasteiger partial charge in [0.05, 0.1) is 5.69 Å². The van der Waals surface area contributed by atoms with E-state index in [2.05, 4.69) is 11.6 Å². The number of aliphatic imine (C=N–C) groups is 1. The summed E-state index contributed by atoms with van der Waals surface area (Å²) in [6.07, 6.45) is 0. The van der Waals surface area contributed by atoms with E-state index < -0.39 is 0 Å². The summed E-state index contributed by atoms with van der Waals surface area (Å²) in [5.74, 6) is 0. The first-order valence-corrected chi connectivity index (χ1v) is 6.77. The third-order valence-corrected chi connectivity index (χ3v) is 3.41. The summed E-state index contributed by atoms with van der Waals surface area (Å²) >= 11 is 5.25. The van der Waals surface area contributed by atoms with Crippen molar-refractivity contribution in [3.63, 3.8) is 0 Å². The second-order valence-electron chi connectivity index (χ2n) is 4.65. The Hall–Kier alpha value is -1.61. The first-order chi connectivity index (χ1) is 9.59. The van der Waals surface area contributed by atoms with Crippen LogP contribution in [0.1, 0.15) is 11.1 Å². The van der Waals surface area contributed by atoms with E-state index in [1.807, 2.05) is 73.6 Å². The zero-order valence-electron chi connectivity index (χ0n) is 12.0. The molecule has 112 valence electrons. The van der Waals surface area contributed by atoms with E-state index in [1.165, 1.54) is 0 Å². The normalized spacial score (nSPS) is 10.7. The molecule has 0 radical (unpaired) electrons. The Morgan fingerprint density at radius 3 is 2.19 bits per heavy atom. The molecule has 4 heteroatoms. The molecule has 0 saturated carbocycles. The Labute approximate surface area is 142 Å². The SMILES string of the molecule is C=C(c1ccccc1)c1ccccc1N=C([S-])N(C)C.[Cu+]. The monoisotopic (exact) mass is 344 g/mol. The predicted molar refractivity (Wildman–Crippen MR) is 89.2 cm³/mol. The van der Waals surface area contributed by atoms with Crippen LogP contribution in [0.5, 0.6) is 0 Å². The van der Waals surface area contributed by atoms with Crippen LogP contribution in [-0.2, 0) is 29.7 Å². The van der Waals surface area contributed by atoms with Gasteiger partial charge in [-0.05, 0) is 22.4 Å². The number of para-hydroxylation sites is 1. The van der Waals surface area contributed by atoms with E-state index in [0.717, 1.165) is 22.4 Å². The van der Waals surface area contributed by atoms with E-state index >= 15 is 0 Å². The number of hydrogen-bond donors (Lipinski definition) is 0. The first-order valence-electron chi connectivity index (χ1n) is 6.36. The van der Waals surface area contributed by atoms with E-state index in [1.54, 1.807) is 0 Å². The maximum Gasteiger partial charge on any atom is 1.00 e. The van der Waals surface area contributed by atoms with Crippen LogP contribution in [0.4, 0.5) is 5.69 Å². The molecule has 0 fully saturated rings. The number of benzene rings is 2. The summed E-state index contributed by atoms with van der Waals surface area (Å²) in [7, 11) is 3.78. The van der Waals surface area contributed by atoms with Gasteiger partial charge in [-0.25, -0.2) is 0 Å². The summed E-state index contributed by atoms with van der Waals surface area (Å²) in [5, 5.41) is 0.554. The molecule has 0 saturated heterocycles. The molecule has 2 aromatic carbocycles. The summed E-state index contributed by atoms with van der Waals surface area (Å²) in [6, 6.07) is 18.0. The van der Waals surface area contributed by atoms with Crippen LogP contribution in [0.25, 0.3) is 5.57 Å². The number of hydrogen-bond acceptors (Lipinski definition) is 2. The summed E-state index contributed by atoms with van der Waals surface area (Å²) in [4.78, 5) is 6.32. The van der Waals surface area contributed by atoms with Crippen molar-refractivity contribution in [3.05, 3.63) is 72.3 Å². The van der Waals surface area contributed by atoms with Crippen LogP contribution in [0.15, 0.2) is 66.2 Å². The molecule has 2 rings (SSSR count). The Kier molecular flexibility index (Phi) is 6.63. The van der Waals surface area contributed by atoms with Crippen molar-refractivity contribution in [2.24, 2.45) is 4.99 Å². The molecular weight excluding hydrogens is 328 g/mol. The van der Waals surface area contributed by atoms with E-state index in [9.17, 15) is 0 Å².